The van der Waals surface area contributed by atoms with E-state index in [-0.39, 0.29) is 3.57 Å². The van der Waals surface area contributed by atoms with Gasteiger partial charge in [-0.1, -0.05) is 0 Å². The molecule has 6 nitrogen and oxygen atoms in total. The van der Waals surface area contributed by atoms with Gasteiger partial charge in [-0.15, -0.1) is 0 Å². The maximum atomic E-state index is 12.5. The molecule has 0 aromatic carbocycles. The monoisotopic (exact) mass is 344 g/mol. The molecular weight excluding hydrogens is 341 g/mol. The molecule has 0 fully saturated rings. The summed E-state index contributed by atoms with van der Waals surface area (Å²) in [5, 5.41) is 19.0. The van der Waals surface area contributed by atoms with Crippen LogP contribution >= 0.6 is 22.6 Å². The molecule has 0 aliphatic rings. The Morgan fingerprint density at radius 2 is 2.19 bits per heavy atom. The van der Waals surface area contributed by atoms with E-state index in [1.165, 1.54) is 22.6 Å². The van der Waals surface area contributed by atoms with Crippen molar-refractivity contribution in [1.29, 1.82) is 0 Å². The highest BCUT2D eigenvalue weighted by Gasteiger charge is 2.29. The van der Waals surface area contributed by atoms with Crippen LogP contribution in [0.15, 0.2) is 6.07 Å². The number of nitrogens with zero attached hydrogens (tertiary/aromatic N) is 2. The standard InChI is InChI=1S/C7H3F2IN2O4/c8-5(9)4-2(10)1-3(7(13)14)11-6(4)12(15)16/h1,5H,(H,13,14). The molecule has 0 saturated carbocycles. The zero-order valence-electron chi connectivity index (χ0n) is 7.35. The van der Waals surface area contributed by atoms with Crippen LogP contribution in [0.2, 0.25) is 0 Å². The van der Waals surface area contributed by atoms with Gasteiger partial charge in [0, 0.05) is 9.64 Å². The molecule has 0 spiro atoms. The minimum absolute atomic E-state index is 0.202. The SMILES string of the molecule is O=C(O)c1cc(I)c(C(F)F)c([N+](=O)[O-])n1. The lowest BCUT2D eigenvalue weighted by molar-refractivity contribution is -0.391. The molecular formula is C7H3F2IN2O4. The van der Waals surface area contributed by atoms with Crippen LogP contribution in [-0.2, 0) is 0 Å². The van der Waals surface area contributed by atoms with E-state index in [2.05, 4.69) is 4.98 Å². The Kier molecular flexibility index (Phi) is 3.67. The average molecular weight is 344 g/mol. The zero-order valence-corrected chi connectivity index (χ0v) is 9.51. The summed E-state index contributed by atoms with van der Waals surface area (Å²) in [7, 11) is 0. The zero-order chi connectivity index (χ0) is 12.5. The predicted molar refractivity (Wildman–Crippen MR) is 55.5 cm³/mol. The van der Waals surface area contributed by atoms with Gasteiger partial charge < -0.3 is 15.2 Å². The maximum Gasteiger partial charge on any atom is 0.380 e. The Hall–Kier alpha value is -1.39. The van der Waals surface area contributed by atoms with Crippen molar-refractivity contribution in [3.05, 3.63) is 31.0 Å². The number of nitro groups is 1. The normalized spacial score (nSPS) is 10.5. The van der Waals surface area contributed by atoms with Gasteiger partial charge in [0.25, 0.3) is 12.1 Å². The number of alkyl halides is 2. The molecule has 9 heteroatoms. The number of carboxylic acids is 1. The number of carbonyl (C=O) groups is 1. The number of aromatic nitrogens is 1. The fraction of sp³-hybridized carbons (Fsp3) is 0.143. The number of hydrogen-bond donors (Lipinski definition) is 1. The van der Waals surface area contributed by atoms with Gasteiger partial charge >= 0.3 is 11.8 Å². The molecule has 16 heavy (non-hydrogen) atoms. The quantitative estimate of drug-likeness (QED) is 0.516. The van der Waals surface area contributed by atoms with Crippen LogP contribution < -0.4 is 0 Å². The lowest BCUT2D eigenvalue weighted by Crippen LogP contribution is -2.08. The van der Waals surface area contributed by atoms with E-state index in [0.717, 1.165) is 6.07 Å². The van der Waals surface area contributed by atoms with E-state index in [1.807, 2.05) is 0 Å². The van der Waals surface area contributed by atoms with Crippen molar-refractivity contribution in [2.75, 3.05) is 0 Å². The second-order valence-corrected chi connectivity index (χ2v) is 3.75. The largest absolute Gasteiger partial charge is 0.475 e. The molecule has 1 N–H and O–H groups in total. The molecule has 0 unspecified atom stereocenters. The highest BCUT2D eigenvalue weighted by Crippen LogP contribution is 2.31. The first-order valence-electron chi connectivity index (χ1n) is 3.71. The highest BCUT2D eigenvalue weighted by molar-refractivity contribution is 14.1. The van der Waals surface area contributed by atoms with Gasteiger partial charge in [0.1, 0.15) is 5.56 Å². The van der Waals surface area contributed by atoms with Gasteiger partial charge in [0.05, 0.1) is 0 Å². The number of rotatable bonds is 3. The summed E-state index contributed by atoms with van der Waals surface area (Å²) in [4.78, 5) is 22.9. The molecule has 0 bridgehead atoms. The van der Waals surface area contributed by atoms with Crippen molar-refractivity contribution in [2.24, 2.45) is 0 Å². The summed E-state index contributed by atoms with van der Waals surface area (Å²) in [6, 6.07) is 0.859. The first kappa shape index (κ1) is 12.7. The molecule has 86 valence electrons. The molecule has 0 aliphatic heterocycles. The van der Waals surface area contributed by atoms with Crippen LogP contribution in [0.1, 0.15) is 22.5 Å². The Balaban J connectivity index is 3.52. The van der Waals surface area contributed by atoms with Crippen molar-refractivity contribution in [2.45, 2.75) is 6.43 Å². The molecule has 1 aromatic rings. The Bertz CT molecular complexity index is 466. The second kappa shape index (κ2) is 4.63. The summed E-state index contributed by atoms with van der Waals surface area (Å²) in [6.07, 6.45) is -3.08. The van der Waals surface area contributed by atoms with Crippen LogP contribution in [-0.4, -0.2) is 21.0 Å². The number of hydrogen-bond acceptors (Lipinski definition) is 4. The smallest absolute Gasteiger partial charge is 0.380 e. The molecule has 0 atom stereocenters. The Labute approximate surface area is 101 Å². The van der Waals surface area contributed by atoms with Gasteiger partial charge in [0.15, 0.2) is 0 Å². The fourth-order valence-electron chi connectivity index (χ4n) is 0.962. The van der Waals surface area contributed by atoms with Gasteiger partial charge in [-0.2, -0.15) is 0 Å². The molecule has 0 aliphatic carbocycles. The molecule has 0 radical (unpaired) electrons. The van der Waals surface area contributed by atoms with Crippen LogP contribution in [0.4, 0.5) is 14.6 Å². The minimum Gasteiger partial charge on any atom is -0.475 e. The third-order valence-electron chi connectivity index (χ3n) is 1.60. The number of aromatic carboxylic acids is 1. The molecule has 1 aromatic heterocycles. The number of halogens is 3. The third-order valence-corrected chi connectivity index (χ3v) is 2.49. The molecule has 0 amide bonds. The molecule has 1 heterocycles. The highest BCUT2D eigenvalue weighted by atomic mass is 127. The molecule has 0 saturated heterocycles. The number of pyridine rings is 1. The van der Waals surface area contributed by atoms with E-state index in [0.29, 0.717) is 0 Å². The third kappa shape index (κ3) is 2.40. The minimum atomic E-state index is -3.08. The van der Waals surface area contributed by atoms with E-state index < -0.39 is 34.4 Å². The predicted octanol–water partition coefficient (Wildman–Crippen LogP) is 2.23. The van der Waals surface area contributed by atoms with Crippen molar-refractivity contribution < 1.29 is 23.6 Å². The Morgan fingerprint density at radius 3 is 2.56 bits per heavy atom. The first-order chi connectivity index (χ1) is 7.34. The molecule has 1 rings (SSSR count). The summed E-state index contributed by atoms with van der Waals surface area (Å²) in [6.45, 7) is 0. The van der Waals surface area contributed by atoms with Crippen LogP contribution in [0.3, 0.4) is 0 Å². The fourth-order valence-corrected chi connectivity index (χ4v) is 1.73. The van der Waals surface area contributed by atoms with Crippen molar-refractivity contribution in [3.63, 3.8) is 0 Å². The lowest BCUT2D eigenvalue weighted by atomic mass is 10.2. The van der Waals surface area contributed by atoms with E-state index >= 15 is 0 Å². The van der Waals surface area contributed by atoms with Gasteiger partial charge in [0.2, 0.25) is 0 Å². The van der Waals surface area contributed by atoms with Gasteiger partial charge in [-0.25, -0.2) is 13.6 Å². The Morgan fingerprint density at radius 1 is 1.62 bits per heavy atom. The van der Waals surface area contributed by atoms with Crippen molar-refractivity contribution >= 4 is 34.4 Å². The maximum absolute atomic E-state index is 12.5. The summed E-state index contributed by atoms with van der Waals surface area (Å²) in [5.41, 5.74) is -1.50. The summed E-state index contributed by atoms with van der Waals surface area (Å²) in [5.74, 6) is -2.64. The summed E-state index contributed by atoms with van der Waals surface area (Å²) < 4.78 is 24.8. The van der Waals surface area contributed by atoms with Crippen LogP contribution in [0, 0.1) is 13.7 Å². The first-order valence-corrected chi connectivity index (χ1v) is 4.78. The van der Waals surface area contributed by atoms with Gasteiger partial charge in [-0.05, 0) is 32.5 Å². The van der Waals surface area contributed by atoms with Crippen molar-refractivity contribution in [1.82, 2.24) is 4.98 Å². The van der Waals surface area contributed by atoms with E-state index in [4.69, 9.17) is 5.11 Å². The van der Waals surface area contributed by atoms with Crippen LogP contribution in [0.25, 0.3) is 0 Å². The van der Waals surface area contributed by atoms with E-state index in [9.17, 15) is 23.7 Å². The van der Waals surface area contributed by atoms with Crippen molar-refractivity contribution in [3.8, 4) is 0 Å². The van der Waals surface area contributed by atoms with Crippen LogP contribution in [0.5, 0.6) is 0 Å². The second-order valence-electron chi connectivity index (χ2n) is 2.59. The lowest BCUT2D eigenvalue weighted by Gasteiger charge is -2.04. The average Bonchev–Trinajstić information content (AvgIpc) is 2.15. The van der Waals surface area contributed by atoms with E-state index in [1.54, 1.807) is 0 Å². The topological polar surface area (TPSA) is 93.3 Å². The summed E-state index contributed by atoms with van der Waals surface area (Å²) >= 11 is 1.41. The number of carboxylic acid groups (broad SMARTS) is 1. The van der Waals surface area contributed by atoms with Gasteiger partial charge in [-0.3, -0.25) is 0 Å².